The van der Waals surface area contributed by atoms with Gasteiger partial charge in [-0.25, -0.2) is 0 Å². The van der Waals surface area contributed by atoms with Crippen LogP contribution in [0.5, 0.6) is 0 Å². The smallest absolute Gasteiger partial charge is 0.0547 e. The second kappa shape index (κ2) is 5.72. The first-order valence-electron chi connectivity index (χ1n) is 6.32. The van der Waals surface area contributed by atoms with Crippen LogP contribution in [0.15, 0.2) is 73.1 Å². The van der Waals surface area contributed by atoms with E-state index in [1.54, 1.807) is 0 Å². The van der Waals surface area contributed by atoms with Crippen molar-refractivity contribution in [2.45, 2.75) is 0 Å². The topological polar surface area (TPSA) is 29.0 Å². The zero-order chi connectivity index (χ0) is 13.8. The van der Waals surface area contributed by atoms with Crippen LogP contribution in [0, 0.1) is 0 Å². The van der Waals surface area contributed by atoms with Gasteiger partial charge < -0.3 is 5.32 Å². The van der Waals surface area contributed by atoms with E-state index >= 15 is 0 Å². The zero-order valence-corrected chi connectivity index (χ0v) is 11.5. The summed E-state index contributed by atoms with van der Waals surface area (Å²) in [6.07, 6.45) is 3.92. The molecule has 0 fully saturated rings. The standard InChI is InChI=1S/C16H14ClN3/c17-13-3-5-14(6-4-13)18-15-7-9-16(10-8-15)19-20-11-1-2-12-20/h1-12,18-19H. The van der Waals surface area contributed by atoms with Gasteiger partial charge in [0.15, 0.2) is 0 Å². The summed E-state index contributed by atoms with van der Waals surface area (Å²) < 4.78 is 1.90. The number of halogens is 1. The molecule has 0 saturated carbocycles. The molecular formula is C16H14ClN3. The third kappa shape index (κ3) is 3.13. The van der Waals surface area contributed by atoms with Crippen molar-refractivity contribution in [2.24, 2.45) is 0 Å². The minimum atomic E-state index is 0.738. The van der Waals surface area contributed by atoms with Crippen LogP contribution in [-0.4, -0.2) is 4.68 Å². The van der Waals surface area contributed by atoms with Crippen LogP contribution in [0.1, 0.15) is 0 Å². The molecule has 20 heavy (non-hydrogen) atoms. The Hall–Kier alpha value is -2.39. The second-order valence-corrected chi connectivity index (χ2v) is 4.85. The summed E-state index contributed by atoms with van der Waals surface area (Å²) in [4.78, 5) is 0. The third-order valence-corrected chi connectivity index (χ3v) is 3.13. The van der Waals surface area contributed by atoms with Gasteiger partial charge in [0.1, 0.15) is 0 Å². The van der Waals surface area contributed by atoms with Crippen molar-refractivity contribution >= 4 is 28.7 Å². The van der Waals surface area contributed by atoms with Crippen molar-refractivity contribution in [3.63, 3.8) is 0 Å². The number of anilines is 3. The largest absolute Gasteiger partial charge is 0.356 e. The molecule has 0 aliphatic carbocycles. The maximum absolute atomic E-state index is 5.86. The molecule has 1 aromatic heterocycles. The molecule has 0 aliphatic heterocycles. The van der Waals surface area contributed by atoms with E-state index in [0.29, 0.717) is 0 Å². The van der Waals surface area contributed by atoms with Crippen LogP contribution in [0.3, 0.4) is 0 Å². The molecular weight excluding hydrogens is 270 g/mol. The van der Waals surface area contributed by atoms with E-state index in [0.717, 1.165) is 22.1 Å². The number of hydrogen-bond donors (Lipinski definition) is 2. The molecule has 0 aliphatic rings. The van der Waals surface area contributed by atoms with Crippen LogP contribution in [0.4, 0.5) is 17.1 Å². The first kappa shape index (κ1) is 12.6. The van der Waals surface area contributed by atoms with E-state index < -0.39 is 0 Å². The fraction of sp³-hybridized carbons (Fsp3) is 0. The number of benzene rings is 2. The fourth-order valence-corrected chi connectivity index (χ4v) is 2.01. The molecule has 3 aromatic rings. The Balaban J connectivity index is 1.68. The normalized spacial score (nSPS) is 10.2. The van der Waals surface area contributed by atoms with Crippen molar-refractivity contribution in [3.05, 3.63) is 78.1 Å². The highest BCUT2D eigenvalue weighted by atomic mass is 35.5. The molecule has 0 spiro atoms. The Kier molecular flexibility index (Phi) is 3.61. The van der Waals surface area contributed by atoms with E-state index in [1.165, 1.54) is 0 Å². The molecule has 1 heterocycles. The van der Waals surface area contributed by atoms with Gasteiger partial charge in [-0.05, 0) is 60.7 Å². The second-order valence-electron chi connectivity index (χ2n) is 4.41. The van der Waals surface area contributed by atoms with Crippen LogP contribution in [-0.2, 0) is 0 Å². The maximum atomic E-state index is 5.86. The van der Waals surface area contributed by atoms with E-state index in [9.17, 15) is 0 Å². The first-order chi connectivity index (χ1) is 9.79. The highest BCUT2D eigenvalue weighted by molar-refractivity contribution is 6.30. The van der Waals surface area contributed by atoms with Gasteiger partial charge in [0, 0.05) is 28.8 Å². The van der Waals surface area contributed by atoms with Crippen LogP contribution in [0.25, 0.3) is 0 Å². The lowest BCUT2D eigenvalue weighted by Crippen LogP contribution is -2.05. The van der Waals surface area contributed by atoms with Gasteiger partial charge in [0.25, 0.3) is 0 Å². The van der Waals surface area contributed by atoms with Gasteiger partial charge in [-0.3, -0.25) is 10.1 Å². The summed E-state index contributed by atoms with van der Waals surface area (Å²) in [5.74, 6) is 0. The maximum Gasteiger partial charge on any atom is 0.0547 e. The minimum absolute atomic E-state index is 0.738. The lowest BCUT2D eigenvalue weighted by molar-refractivity contribution is 0.971. The summed E-state index contributed by atoms with van der Waals surface area (Å²) in [6, 6.07) is 19.7. The number of nitrogens with one attached hydrogen (secondary N) is 2. The van der Waals surface area contributed by atoms with Gasteiger partial charge in [0.05, 0.1) is 5.69 Å². The molecule has 2 N–H and O–H groups in total. The van der Waals surface area contributed by atoms with E-state index in [2.05, 4.69) is 10.7 Å². The van der Waals surface area contributed by atoms with E-state index in [-0.39, 0.29) is 0 Å². The third-order valence-electron chi connectivity index (χ3n) is 2.88. The Morgan fingerprint density at radius 3 is 1.80 bits per heavy atom. The van der Waals surface area contributed by atoms with E-state index in [4.69, 9.17) is 11.6 Å². The highest BCUT2D eigenvalue weighted by Crippen LogP contribution is 2.20. The average molecular weight is 284 g/mol. The molecule has 3 rings (SSSR count). The predicted octanol–water partition coefficient (Wildman–Crippen LogP) is 4.76. The molecule has 0 amide bonds. The van der Waals surface area contributed by atoms with Crippen LogP contribution < -0.4 is 10.7 Å². The van der Waals surface area contributed by atoms with Crippen LogP contribution in [0.2, 0.25) is 5.02 Å². The highest BCUT2D eigenvalue weighted by Gasteiger charge is 1.96. The quantitative estimate of drug-likeness (QED) is 0.723. The predicted molar refractivity (Wildman–Crippen MR) is 84.6 cm³/mol. The summed E-state index contributed by atoms with van der Waals surface area (Å²) in [5.41, 5.74) is 6.33. The molecule has 4 heteroatoms. The first-order valence-corrected chi connectivity index (χ1v) is 6.70. The SMILES string of the molecule is Clc1ccc(Nc2ccc(Nn3cccc3)cc2)cc1. The molecule has 0 unspecified atom stereocenters. The van der Waals surface area contributed by atoms with Gasteiger partial charge >= 0.3 is 0 Å². The fourth-order valence-electron chi connectivity index (χ4n) is 1.89. The summed E-state index contributed by atoms with van der Waals surface area (Å²) in [6.45, 7) is 0. The number of rotatable bonds is 4. The number of aromatic nitrogens is 1. The number of nitrogens with zero attached hydrogens (tertiary/aromatic N) is 1. The van der Waals surface area contributed by atoms with Gasteiger partial charge in [-0.2, -0.15) is 0 Å². The molecule has 0 saturated heterocycles. The Labute approximate surface area is 122 Å². The number of hydrogen-bond acceptors (Lipinski definition) is 2. The summed E-state index contributed by atoms with van der Waals surface area (Å²) in [5, 5.41) is 4.06. The lowest BCUT2D eigenvalue weighted by Gasteiger charge is -2.10. The minimum Gasteiger partial charge on any atom is -0.356 e. The Bertz CT molecular complexity index is 658. The van der Waals surface area contributed by atoms with Crippen molar-refractivity contribution in [2.75, 3.05) is 10.7 Å². The molecule has 100 valence electrons. The monoisotopic (exact) mass is 283 g/mol. The summed E-state index contributed by atoms with van der Waals surface area (Å²) in [7, 11) is 0. The Morgan fingerprint density at radius 1 is 0.700 bits per heavy atom. The van der Waals surface area contributed by atoms with Gasteiger partial charge in [-0.1, -0.05) is 11.6 Å². The molecule has 3 nitrogen and oxygen atoms in total. The zero-order valence-electron chi connectivity index (χ0n) is 10.8. The van der Waals surface area contributed by atoms with Gasteiger partial charge in [0.2, 0.25) is 0 Å². The lowest BCUT2D eigenvalue weighted by atomic mass is 10.2. The molecule has 0 bridgehead atoms. The molecule has 2 aromatic carbocycles. The van der Waals surface area contributed by atoms with Crippen molar-refractivity contribution in [3.8, 4) is 0 Å². The van der Waals surface area contributed by atoms with Crippen molar-refractivity contribution in [1.29, 1.82) is 0 Å². The average Bonchev–Trinajstić information content (AvgIpc) is 2.96. The molecule has 0 radical (unpaired) electrons. The van der Waals surface area contributed by atoms with Crippen molar-refractivity contribution < 1.29 is 0 Å². The van der Waals surface area contributed by atoms with E-state index in [1.807, 2.05) is 77.7 Å². The summed E-state index contributed by atoms with van der Waals surface area (Å²) >= 11 is 5.86. The van der Waals surface area contributed by atoms with Gasteiger partial charge in [-0.15, -0.1) is 0 Å². The van der Waals surface area contributed by atoms with Crippen molar-refractivity contribution in [1.82, 2.24) is 4.68 Å². The Morgan fingerprint density at radius 2 is 1.20 bits per heavy atom. The molecule has 0 atom stereocenters. The van der Waals surface area contributed by atoms with Crippen LogP contribution >= 0.6 is 11.6 Å².